The first-order valence-corrected chi connectivity index (χ1v) is 7.54. The highest BCUT2D eigenvalue weighted by Crippen LogP contribution is 2.54. The number of hydrogen-bond donors (Lipinski definition) is 1. The van der Waals surface area contributed by atoms with E-state index < -0.39 is 0 Å². The minimum absolute atomic E-state index is 0. The minimum Gasteiger partial charge on any atom is -0.311 e. The third-order valence-corrected chi connectivity index (χ3v) is 5.25. The molecule has 2 fully saturated rings. The summed E-state index contributed by atoms with van der Waals surface area (Å²) in [4.78, 5) is 0. The lowest BCUT2D eigenvalue weighted by Gasteiger charge is -2.49. The zero-order valence-corrected chi connectivity index (χ0v) is 13.7. The molecule has 0 amide bonds. The fourth-order valence-corrected chi connectivity index (χ4v) is 4.61. The van der Waals surface area contributed by atoms with Crippen molar-refractivity contribution in [3.63, 3.8) is 0 Å². The summed E-state index contributed by atoms with van der Waals surface area (Å²) in [6.45, 7) is 5.99. The lowest BCUT2D eigenvalue weighted by atomic mass is 9.59. The first-order chi connectivity index (χ1) is 7.79. The molecule has 1 saturated heterocycles. The van der Waals surface area contributed by atoms with E-state index in [1.807, 2.05) is 0 Å². The summed E-state index contributed by atoms with van der Waals surface area (Å²) in [5.74, 6) is 0. The Hall–Kier alpha value is 0.540. The highest BCUT2D eigenvalue weighted by Gasteiger charge is 2.52. The van der Waals surface area contributed by atoms with Crippen molar-refractivity contribution in [1.82, 2.24) is 5.32 Å². The predicted molar refractivity (Wildman–Crippen MR) is 85.2 cm³/mol. The van der Waals surface area contributed by atoms with E-state index in [2.05, 4.69) is 19.2 Å². The summed E-state index contributed by atoms with van der Waals surface area (Å²) in [5, 5.41) is 3.93. The van der Waals surface area contributed by atoms with Crippen molar-refractivity contribution in [3.8, 4) is 0 Å². The second-order valence-corrected chi connectivity index (χ2v) is 6.10. The molecule has 1 nitrogen and oxygen atoms in total. The van der Waals surface area contributed by atoms with E-state index in [9.17, 15) is 0 Å². The minimum atomic E-state index is 0. The molecule has 0 aromatic carbocycles. The highest BCUT2D eigenvalue weighted by atomic mass is 35.5. The quantitative estimate of drug-likeness (QED) is 0.760. The zero-order chi connectivity index (χ0) is 11.5. The number of halogens is 2. The topological polar surface area (TPSA) is 12.0 Å². The summed E-state index contributed by atoms with van der Waals surface area (Å²) in [7, 11) is 0. The first kappa shape index (κ1) is 18.5. The van der Waals surface area contributed by atoms with Gasteiger partial charge in [-0.1, -0.05) is 46.0 Å². The third kappa shape index (κ3) is 3.16. The van der Waals surface area contributed by atoms with Crippen molar-refractivity contribution >= 4 is 24.8 Å². The van der Waals surface area contributed by atoms with Crippen molar-refractivity contribution in [1.29, 1.82) is 0 Å². The molecule has 1 N–H and O–H groups in total. The standard InChI is InChI=1S/C15H29N.2ClH/c1-3-8-15(9-4-2)14(12-13-16-15)10-6-5-7-11-14;;/h16H,3-13H2,1-2H3;2*1H. The Labute approximate surface area is 126 Å². The molecule has 1 aliphatic carbocycles. The van der Waals surface area contributed by atoms with Gasteiger partial charge >= 0.3 is 0 Å². The second kappa shape index (κ2) is 7.97. The molecule has 0 bridgehead atoms. The fourth-order valence-electron chi connectivity index (χ4n) is 4.61. The summed E-state index contributed by atoms with van der Waals surface area (Å²) in [6, 6.07) is 0. The summed E-state index contributed by atoms with van der Waals surface area (Å²) < 4.78 is 0. The third-order valence-electron chi connectivity index (χ3n) is 5.25. The van der Waals surface area contributed by atoms with Crippen LogP contribution in [0.15, 0.2) is 0 Å². The average Bonchev–Trinajstić information content (AvgIpc) is 2.60. The molecule has 2 aliphatic rings. The van der Waals surface area contributed by atoms with Crippen LogP contribution in [0.2, 0.25) is 0 Å². The SMILES string of the molecule is CCCC1(CCC)NCCC12CCCCC2.Cl.Cl. The van der Waals surface area contributed by atoms with Crippen LogP contribution in [0.1, 0.15) is 78.1 Å². The Morgan fingerprint density at radius 3 is 1.89 bits per heavy atom. The molecule has 2 rings (SSSR count). The monoisotopic (exact) mass is 295 g/mol. The van der Waals surface area contributed by atoms with E-state index in [0.717, 1.165) is 0 Å². The van der Waals surface area contributed by atoms with Gasteiger partial charge in [-0.3, -0.25) is 0 Å². The molecule has 1 saturated carbocycles. The maximum atomic E-state index is 3.93. The molecular formula is C15H31Cl2N. The van der Waals surface area contributed by atoms with Crippen molar-refractivity contribution in [2.24, 2.45) is 5.41 Å². The Kier molecular flexibility index (Phi) is 8.21. The van der Waals surface area contributed by atoms with Crippen LogP contribution in [-0.4, -0.2) is 12.1 Å². The Morgan fingerprint density at radius 2 is 1.39 bits per heavy atom. The van der Waals surface area contributed by atoms with Crippen molar-refractivity contribution in [3.05, 3.63) is 0 Å². The Bertz CT molecular complexity index is 219. The van der Waals surface area contributed by atoms with Gasteiger partial charge < -0.3 is 5.32 Å². The van der Waals surface area contributed by atoms with Gasteiger partial charge in [0.2, 0.25) is 0 Å². The van der Waals surface area contributed by atoms with Crippen LogP contribution in [0.4, 0.5) is 0 Å². The predicted octanol–water partition coefficient (Wildman–Crippen LogP) is 5.11. The van der Waals surface area contributed by atoms with E-state index in [1.165, 1.54) is 70.8 Å². The maximum Gasteiger partial charge on any atom is 0.0238 e. The number of nitrogens with one attached hydrogen (secondary N) is 1. The molecule has 3 heteroatoms. The van der Waals surface area contributed by atoms with Gasteiger partial charge in [0.15, 0.2) is 0 Å². The van der Waals surface area contributed by atoms with Crippen molar-refractivity contribution < 1.29 is 0 Å². The van der Waals surface area contributed by atoms with Gasteiger partial charge in [0.25, 0.3) is 0 Å². The van der Waals surface area contributed by atoms with E-state index in [4.69, 9.17) is 0 Å². The lowest BCUT2D eigenvalue weighted by molar-refractivity contribution is 0.0662. The Morgan fingerprint density at radius 1 is 0.833 bits per heavy atom. The van der Waals surface area contributed by atoms with Crippen molar-refractivity contribution in [2.75, 3.05) is 6.54 Å². The molecule has 0 unspecified atom stereocenters. The summed E-state index contributed by atoms with van der Waals surface area (Å²) >= 11 is 0. The van der Waals surface area contributed by atoms with Crippen LogP contribution in [0.3, 0.4) is 0 Å². The van der Waals surface area contributed by atoms with E-state index in [1.54, 1.807) is 0 Å². The highest BCUT2D eigenvalue weighted by molar-refractivity contribution is 5.85. The van der Waals surface area contributed by atoms with Crippen LogP contribution in [-0.2, 0) is 0 Å². The Balaban J connectivity index is 0.00000144. The molecule has 110 valence electrons. The second-order valence-electron chi connectivity index (χ2n) is 6.10. The number of hydrogen-bond acceptors (Lipinski definition) is 1. The molecular weight excluding hydrogens is 265 g/mol. The molecule has 0 aromatic rings. The lowest BCUT2D eigenvalue weighted by Crippen LogP contribution is -2.52. The van der Waals surface area contributed by atoms with Crippen LogP contribution in [0, 0.1) is 5.41 Å². The molecule has 18 heavy (non-hydrogen) atoms. The van der Waals surface area contributed by atoms with E-state index in [0.29, 0.717) is 11.0 Å². The molecule has 1 heterocycles. The van der Waals surface area contributed by atoms with Gasteiger partial charge in [-0.2, -0.15) is 0 Å². The van der Waals surface area contributed by atoms with Gasteiger partial charge in [0.1, 0.15) is 0 Å². The number of rotatable bonds is 4. The van der Waals surface area contributed by atoms with Crippen LogP contribution in [0.5, 0.6) is 0 Å². The van der Waals surface area contributed by atoms with E-state index >= 15 is 0 Å². The van der Waals surface area contributed by atoms with E-state index in [-0.39, 0.29) is 24.8 Å². The molecule has 0 atom stereocenters. The molecule has 1 spiro atoms. The van der Waals surface area contributed by atoms with Gasteiger partial charge in [-0.15, -0.1) is 24.8 Å². The molecule has 0 aromatic heterocycles. The normalized spacial score (nSPS) is 24.3. The maximum absolute atomic E-state index is 3.93. The molecule has 1 aliphatic heterocycles. The van der Waals surface area contributed by atoms with Gasteiger partial charge in [-0.05, 0) is 44.1 Å². The zero-order valence-electron chi connectivity index (χ0n) is 12.1. The van der Waals surface area contributed by atoms with Crippen molar-refractivity contribution in [2.45, 2.75) is 83.6 Å². The smallest absolute Gasteiger partial charge is 0.0238 e. The fraction of sp³-hybridized carbons (Fsp3) is 1.00. The van der Waals surface area contributed by atoms with Gasteiger partial charge in [0, 0.05) is 5.54 Å². The van der Waals surface area contributed by atoms with Gasteiger partial charge in [-0.25, -0.2) is 0 Å². The first-order valence-electron chi connectivity index (χ1n) is 7.54. The average molecular weight is 296 g/mol. The largest absolute Gasteiger partial charge is 0.311 e. The van der Waals surface area contributed by atoms with Crippen LogP contribution >= 0.6 is 24.8 Å². The van der Waals surface area contributed by atoms with Crippen LogP contribution in [0.25, 0.3) is 0 Å². The molecule has 0 radical (unpaired) electrons. The van der Waals surface area contributed by atoms with Crippen LogP contribution < -0.4 is 5.32 Å². The summed E-state index contributed by atoms with van der Waals surface area (Å²) in [6.07, 6.45) is 14.4. The van der Waals surface area contributed by atoms with Gasteiger partial charge in [0.05, 0.1) is 0 Å². The summed E-state index contributed by atoms with van der Waals surface area (Å²) in [5.41, 5.74) is 1.19.